The number of para-hydroxylation sites is 1. The summed E-state index contributed by atoms with van der Waals surface area (Å²) in [4.78, 5) is 27.4. The number of nitrogens with zero attached hydrogens (tertiary/aromatic N) is 4. The van der Waals surface area contributed by atoms with E-state index in [-0.39, 0.29) is 5.91 Å². The Morgan fingerprint density at radius 3 is 2.71 bits per heavy atom. The third kappa shape index (κ3) is 7.12. The number of hydrogen-bond donors (Lipinski definition) is 4. The van der Waals surface area contributed by atoms with E-state index >= 15 is 0 Å². The summed E-state index contributed by atoms with van der Waals surface area (Å²) in [6, 6.07) is 16.4. The molecule has 41 heavy (non-hydrogen) atoms. The molecule has 12 nitrogen and oxygen atoms in total. The number of benzene rings is 2. The second-order valence-corrected chi connectivity index (χ2v) is 11.8. The van der Waals surface area contributed by atoms with Crippen LogP contribution in [-0.2, 0) is 21.3 Å². The minimum absolute atomic E-state index is 0.150. The van der Waals surface area contributed by atoms with E-state index in [0.29, 0.717) is 47.4 Å². The average molecular weight is 579 g/mol. The number of nitrogens with one attached hydrogen (secondary N) is 4. The van der Waals surface area contributed by atoms with Crippen molar-refractivity contribution in [2.75, 3.05) is 67.6 Å². The van der Waals surface area contributed by atoms with Crippen molar-refractivity contribution in [1.82, 2.24) is 25.2 Å². The van der Waals surface area contributed by atoms with Crippen molar-refractivity contribution in [2.24, 2.45) is 0 Å². The molecular formula is C28H34N8O4S. The lowest BCUT2D eigenvalue weighted by Crippen LogP contribution is -2.41. The number of rotatable bonds is 11. The number of H-pyrrole nitrogens is 1. The Labute approximate surface area is 239 Å². The fourth-order valence-corrected chi connectivity index (χ4v) is 5.11. The molecule has 1 aliphatic rings. The molecule has 3 heterocycles. The van der Waals surface area contributed by atoms with Crippen molar-refractivity contribution in [1.29, 1.82) is 0 Å². The summed E-state index contributed by atoms with van der Waals surface area (Å²) in [5.74, 6) is 0.768. The van der Waals surface area contributed by atoms with Gasteiger partial charge >= 0.3 is 0 Å². The maximum Gasteiger partial charge on any atom is 0.251 e. The Kier molecular flexibility index (Phi) is 8.67. The maximum atomic E-state index is 12.8. The second kappa shape index (κ2) is 12.5. The van der Waals surface area contributed by atoms with Crippen LogP contribution in [0, 0.1) is 0 Å². The molecular weight excluding hydrogens is 544 g/mol. The van der Waals surface area contributed by atoms with Gasteiger partial charge in [0.1, 0.15) is 11.5 Å². The molecule has 0 radical (unpaired) electrons. The molecule has 2 aromatic heterocycles. The number of aromatic nitrogens is 3. The molecule has 4 N–H and O–H groups in total. The number of morpholine rings is 1. The maximum absolute atomic E-state index is 12.8. The first kappa shape index (κ1) is 28.3. The highest BCUT2D eigenvalue weighted by Crippen LogP contribution is 2.26. The molecule has 1 aliphatic heterocycles. The smallest absolute Gasteiger partial charge is 0.251 e. The van der Waals surface area contributed by atoms with Crippen LogP contribution in [-0.4, -0.2) is 86.9 Å². The molecule has 4 aromatic rings. The number of fused-ring (bicyclic) bond motifs is 1. The largest absolute Gasteiger partial charge is 0.379 e. The summed E-state index contributed by atoms with van der Waals surface area (Å²) in [7, 11) is -1.89. The fourth-order valence-electron chi connectivity index (χ4n) is 4.58. The van der Waals surface area contributed by atoms with Crippen LogP contribution in [0.2, 0.25) is 0 Å². The predicted molar refractivity (Wildman–Crippen MR) is 160 cm³/mol. The van der Waals surface area contributed by atoms with E-state index in [9.17, 15) is 13.2 Å². The van der Waals surface area contributed by atoms with Crippen molar-refractivity contribution < 1.29 is 17.9 Å². The quantitative estimate of drug-likeness (QED) is 0.211. The van der Waals surface area contributed by atoms with Crippen molar-refractivity contribution >= 4 is 50.1 Å². The molecule has 0 saturated carbocycles. The van der Waals surface area contributed by atoms with Gasteiger partial charge in [0.2, 0.25) is 16.0 Å². The first-order valence-corrected chi connectivity index (χ1v) is 15.2. The predicted octanol–water partition coefficient (Wildman–Crippen LogP) is 2.77. The van der Waals surface area contributed by atoms with Gasteiger partial charge in [0.05, 0.1) is 30.5 Å². The van der Waals surface area contributed by atoms with Crippen molar-refractivity contribution in [2.45, 2.75) is 6.54 Å². The number of sulfonamides is 1. The molecule has 0 spiro atoms. The standard InChI is InChI=1S/C28H34N8O4S/c1-35(41(2,38)39)24-9-4-3-6-21(24)19-31-26-23-10-11-29-25(23)33-28(34-26)32-22-8-5-7-20(18-22)27(37)30-12-13-36-14-16-40-17-15-36/h3-11,18H,12-17,19H2,1-2H3,(H,30,37)(H3,29,31,32,33,34). The first-order chi connectivity index (χ1) is 19.8. The van der Waals surface area contributed by atoms with Crippen LogP contribution in [0.4, 0.5) is 23.1 Å². The summed E-state index contributed by atoms with van der Waals surface area (Å²) in [6.07, 6.45) is 2.95. The van der Waals surface area contributed by atoms with E-state index in [1.165, 1.54) is 17.6 Å². The number of anilines is 4. The Balaban J connectivity index is 1.28. The van der Waals surface area contributed by atoms with Gasteiger partial charge in [-0.05, 0) is 35.9 Å². The second-order valence-electron chi connectivity index (χ2n) is 9.76. The summed E-state index contributed by atoms with van der Waals surface area (Å²) in [6.45, 7) is 4.88. The summed E-state index contributed by atoms with van der Waals surface area (Å²) in [5.41, 5.74) is 3.21. The lowest BCUT2D eigenvalue weighted by atomic mass is 10.1. The zero-order valence-electron chi connectivity index (χ0n) is 23.1. The minimum atomic E-state index is -3.42. The van der Waals surface area contributed by atoms with Gasteiger partial charge in [-0.25, -0.2) is 8.42 Å². The summed E-state index contributed by atoms with van der Waals surface area (Å²) < 4.78 is 30.9. The molecule has 216 valence electrons. The molecule has 1 amide bonds. The average Bonchev–Trinajstić information content (AvgIpc) is 3.45. The van der Waals surface area contributed by atoms with Crippen LogP contribution in [0.1, 0.15) is 15.9 Å². The van der Waals surface area contributed by atoms with E-state index in [1.54, 1.807) is 36.5 Å². The van der Waals surface area contributed by atoms with Gasteiger partial charge in [0.15, 0.2) is 0 Å². The zero-order chi connectivity index (χ0) is 28.8. The minimum Gasteiger partial charge on any atom is -0.379 e. The van der Waals surface area contributed by atoms with Gasteiger partial charge in [0, 0.05) is 57.2 Å². The Hall–Kier alpha value is -4.20. The lowest BCUT2D eigenvalue weighted by molar-refractivity contribution is 0.0383. The van der Waals surface area contributed by atoms with Crippen LogP contribution < -0.4 is 20.3 Å². The van der Waals surface area contributed by atoms with Gasteiger partial charge < -0.3 is 25.7 Å². The number of ether oxygens (including phenoxy) is 1. The first-order valence-electron chi connectivity index (χ1n) is 13.3. The highest BCUT2D eigenvalue weighted by Gasteiger charge is 2.17. The zero-order valence-corrected chi connectivity index (χ0v) is 23.9. The van der Waals surface area contributed by atoms with E-state index in [0.717, 1.165) is 43.8 Å². The Bertz CT molecular complexity index is 1620. The molecule has 0 atom stereocenters. The van der Waals surface area contributed by atoms with Crippen molar-refractivity contribution in [3.05, 3.63) is 71.9 Å². The van der Waals surface area contributed by atoms with Crippen LogP contribution in [0.5, 0.6) is 0 Å². The van der Waals surface area contributed by atoms with Crippen LogP contribution in [0.25, 0.3) is 11.0 Å². The van der Waals surface area contributed by atoms with Crippen LogP contribution in [0.3, 0.4) is 0 Å². The van der Waals surface area contributed by atoms with E-state index in [4.69, 9.17) is 4.74 Å². The highest BCUT2D eigenvalue weighted by molar-refractivity contribution is 7.92. The van der Waals surface area contributed by atoms with E-state index in [1.807, 2.05) is 24.3 Å². The lowest BCUT2D eigenvalue weighted by Gasteiger charge is -2.26. The molecule has 1 fully saturated rings. The van der Waals surface area contributed by atoms with Gasteiger partial charge in [0.25, 0.3) is 5.91 Å². The van der Waals surface area contributed by atoms with E-state index < -0.39 is 10.0 Å². The van der Waals surface area contributed by atoms with Crippen molar-refractivity contribution in [3.8, 4) is 0 Å². The van der Waals surface area contributed by atoms with Gasteiger partial charge in [-0.2, -0.15) is 9.97 Å². The third-order valence-electron chi connectivity index (χ3n) is 6.89. The number of carbonyl (C=O) groups is 1. The third-order valence-corrected chi connectivity index (χ3v) is 8.08. The normalized spacial score (nSPS) is 14.1. The molecule has 13 heteroatoms. The molecule has 0 aliphatic carbocycles. The SMILES string of the molecule is CN(c1ccccc1CNc1nc(Nc2cccc(C(=O)NCCN3CCOCC3)c2)nc2[nH]ccc12)S(C)(=O)=O. The number of carbonyl (C=O) groups excluding carboxylic acids is 1. The monoisotopic (exact) mass is 578 g/mol. The van der Waals surface area contributed by atoms with Crippen molar-refractivity contribution in [3.63, 3.8) is 0 Å². The number of aromatic amines is 1. The highest BCUT2D eigenvalue weighted by atomic mass is 32.2. The van der Waals surface area contributed by atoms with Gasteiger partial charge in [-0.15, -0.1) is 0 Å². The molecule has 1 saturated heterocycles. The molecule has 0 unspecified atom stereocenters. The molecule has 2 aromatic carbocycles. The van der Waals surface area contributed by atoms with Gasteiger partial charge in [-0.3, -0.25) is 14.0 Å². The number of amides is 1. The van der Waals surface area contributed by atoms with Crippen LogP contribution in [0.15, 0.2) is 60.8 Å². The van der Waals surface area contributed by atoms with Gasteiger partial charge in [-0.1, -0.05) is 24.3 Å². The molecule has 0 bridgehead atoms. The van der Waals surface area contributed by atoms with Crippen LogP contribution >= 0.6 is 0 Å². The number of hydrogen-bond acceptors (Lipinski definition) is 9. The topological polar surface area (TPSA) is 145 Å². The summed E-state index contributed by atoms with van der Waals surface area (Å²) in [5, 5.41) is 10.3. The van der Waals surface area contributed by atoms with E-state index in [2.05, 4.69) is 35.8 Å². The fraction of sp³-hybridized carbons (Fsp3) is 0.321. The molecule has 5 rings (SSSR count). The Morgan fingerprint density at radius 1 is 1.10 bits per heavy atom. The Morgan fingerprint density at radius 2 is 1.90 bits per heavy atom. The summed E-state index contributed by atoms with van der Waals surface area (Å²) >= 11 is 0.